The average Bonchev–Trinajstić information content (AvgIpc) is 2.38. The van der Waals surface area contributed by atoms with Gasteiger partial charge in [0.15, 0.2) is 5.78 Å². The first-order valence-electron chi connectivity index (χ1n) is 5.55. The number of piperidine rings is 1. The van der Waals surface area contributed by atoms with E-state index in [0.29, 0.717) is 5.56 Å². The Morgan fingerprint density at radius 2 is 2.22 bits per heavy atom. The molecule has 6 nitrogen and oxygen atoms in total. The fourth-order valence-corrected chi connectivity index (χ4v) is 1.96. The van der Waals surface area contributed by atoms with E-state index in [1.165, 1.54) is 12.4 Å². The van der Waals surface area contributed by atoms with Crippen molar-refractivity contribution in [3.8, 4) is 0 Å². The number of carbonyl (C=O) groups is 3. The summed E-state index contributed by atoms with van der Waals surface area (Å²) in [7, 11) is 0. The largest absolute Gasteiger partial charge is 0.480 e. The number of likely N-dealkylation sites (tertiary alicyclic amines) is 1. The standard InChI is InChI=1S/C12H12N2O4/c15-9-3-4-10(12(17)18)14(7-9)11(16)8-2-1-5-13-6-8/h1-2,5-6,10H,3-4,7H2,(H,17,18). The number of pyridine rings is 1. The molecular weight excluding hydrogens is 236 g/mol. The molecule has 0 aromatic carbocycles. The molecule has 1 N–H and O–H groups in total. The van der Waals surface area contributed by atoms with E-state index >= 15 is 0 Å². The third kappa shape index (κ3) is 2.37. The summed E-state index contributed by atoms with van der Waals surface area (Å²) in [6.45, 7) is -0.148. The Labute approximate surface area is 103 Å². The van der Waals surface area contributed by atoms with Crippen molar-refractivity contribution in [3.63, 3.8) is 0 Å². The van der Waals surface area contributed by atoms with Crippen LogP contribution in [0.5, 0.6) is 0 Å². The lowest BCUT2D eigenvalue weighted by atomic mass is 10.0. The summed E-state index contributed by atoms with van der Waals surface area (Å²) in [6, 6.07) is 2.21. The SMILES string of the molecule is O=C1CCC(C(=O)O)N(C(=O)c2cccnc2)C1. The van der Waals surface area contributed by atoms with Gasteiger partial charge in [0.2, 0.25) is 0 Å². The predicted octanol–water partition coefficient (Wildman–Crippen LogP) is 0.340. The van der Waals surface area contributed by atoms with Crippen LogP contribution in [0.15, 0.2) is 24.5 Å². The first kappa shape index (κ1) is 12.2. The minimum atomic E-state index is -1.08. The summed E-state index contributed by atoms with van der Waals surface area (Å²) >= 11 is 0. The molecule has 0 radical (unpaired) electrons. The predicted molar refractivity (Wildman–Crippen MR) is 60.9 cm³/mol. The van der Waals surface area contributed by atoms with Gasteiger partial charge in [0.25, 0.3) is 5.91 Å². The van der Waals surface area contributed by atoms with Gasteiger partial charge in [0.05, 0.1) is 12.1 Å². The number of hydrogen-bond donors (Lipinski definition) is 1. The molecule has 94 valence electrons. The van der Waals surface area contributed by atoms with E-state index in [1.54, 1.807) is 12.1 Å². The lowest BCUT2D eigenvalue weighted by Gasteiger charge is -2.32. The van der Waals surface area contributed by atoms with Crippen molar-refractivity contribution in [2.45, 2.75) is 18.9 Å². The summed E-state index contributed by atoms with van der Waals surface area (Å²) in [6.07, 6.45) is 3.25. The Kier molecular flexibility index (Phi) is 3.36. The highest BCUT2D eigenvalue weighted by Gasteiger charge is 2.35. The lowest BCUT2D eigenvalue weighted by Crippen LogP contribution is -2.50. The Bertz CT molecular complexity index is 486. The maximum absolute atomic E-state index is 12.1. The van der Waals surface area contributed by atoms with Crippen molar-refractivity contribution in [2.24, 2.45) is 0 Å². The van der Waals surface area contributed by atoms with Crippen LogP contribution in [-0.2, 0) is 9.59 Å². The number of nitrogens with zero attached hydrogens (tertiary/aromatic N) is 2. The zero-order valence-corrected chi connectivity index (χ0v) is 9.57. The monoisotopic (exact) mass is 248 g/mol. The van der Waals surface area contributed by atoms with E-state index in [0.717, 1.165) is 4.90 Å². The van der Waals surface area contributed by atoms with Gasteiger partial charge >= 0.3 is 5.97 Å². The molecule has 1 unspecified atom stereocenters. The van der Waals surface area contributed by atoms with Crippen LogP contribution in [0.2, 0.25) is 0 Å². The van der Waals surface area contributed by atoms with Gasteiger partial charge in [-0.3, -0.25) is 14.6 Å². The molecule has 1 amide bonds. The molecule has 1 aliphatic rings. The molecule has 1 saturated heterocycles. The fraction of sp³-hybridized carbons (Fsp3) is 0.333. The first-order chi connectivity index (χ1) is 8.59. The molecule has 6 heteroatoms. The number of rotatable bonds is 2. The number of carboxylic acid groups (broad SMARTS) is 1. The van der Waals surface area contributed by atoms with E-state index in [9.17, 15) is 14.4 Å². The quantitative estimate of drug-likeness (QED) is 0.815. The van der Waals surface area contributed by atoms with Gasteiger partial charge in [0, 0.05) is 18.8 Å². The van der Waals surface area contributed by atoms with Gasteiger partial charge in [0.1, 0.15) is 6.04 Å². The third-order valence-corrected chi connectivity index (χ3v) is 2.87. The Hall–Kier alpha value is -2.24. The van der Waals surface area contributed by atoms with Crippen molar-refractivity contribution >= 4 is 17.7 Å². The molecule has 1 fully saturated rings. The molecule has 1 aromatic rings. The number of ketones is 1. The van der Waals surface area contributed by atoms with E-state index < -0.39 is 17.9 Å². The zero-order valence-electron chi connectivity index (χ0n) is 9.57. The van der Waals surface area contributed by atoms with Crippen LogP contribution in [0.4, 0.5) is 0 Å². The molecule has 18 heavy (non-hydrogen) atoms. The molecule has 0 saturated carbocycles. The summed E-state index contributed by atoms with van der Waals surface area (Å²) in [5, 5.41) is 9.07. The first-order valence-corrected chi connectivity index (χ1v) is 5.55. The van der Waals surface area contributed by atoms with Crippen molar-refractivity contribution < 1.29 is 19.5 Å². The number of carboxylic acids is 1. The van der Waals surface area contributed by atoms with Crippen LogP contribution in [0, 0.1) is 0 Å². The molecule has 1 aliphatic heterocycles. The number of hydrogen-bond acceptors (Lipinski definition) is 4. The normalized spacial score (nSPS) is 19.7. The Balaban J connectivity index is 2.25. The number of amides is 1. The number of aromatic nitrogens is 1. The summed E-state index contributed by atoms with van der Waals surface area (Å²) in [4.78, 5) is 39.5. The minimum Gasteiger partial charge on any atom is -0.480 e. The van der Waals surface area contributed by atoms with Crippen molar-refractivity contribution in [3.05, 3.63) is 30.1 Å². The fourth-order valence-electron chi connectivity index (χ4n) is 1.96. The topological polar surface area (TPSA) is 87.6 Å². The van der Waals surface area contributed by atoms with Gasteiger partial charge in [-0.15, -0.1) is 0 Å². The smallest absolute Gasteiger partial charge is 0.326 e. The van der Waals surface area contributed by atoms with Crippen LogP contribution in [-0.4, -0.2) is 45.2 Å². The van der Waals surface area contributed by atoms with Crippen LogP contribution < -0.4 is 0 Å². The van der Waals surface area contributed by atoms with Crippen LogP contribution in [0.3, 0.4) is 0 Å². The number of aliphatic carboxylic acids is 1. The van der Waals surface area contributed by atoms with E-state index in [1.807, 2.05) is 0 Å². The van der Waals surface area contributed by atoms with Crippen LogP contribution in [0.1, 0.15) is 23.2 Å². The molecule has 1 atom stereocenters. The second-order valence-corrected chi connectivity index (χ2v) is 4.11. The Morgan fingerprint density at radius 3 is 2.83 bits per heavy atom. The van der Waals surface area contributed by atoms with E-state index in [2.05, 4.69) is 4.98 Å². The highest BCUT2D eigenvalue weighted by Crippen LogP contribution is 2.17. The van der Waals surface area contributed by atoms with Gasteiger partial charge < -0.3 is 10.0 Å². The van der Waals surface area contributed by atoms with E-state index in [4.69, 9.17) is 5.11 Å². The molecule has 0 spiro atoms. The second-order valence-electron chi connectivity index (χ2n) is 4.11. The average molecular weight is 248 g/mol. The molecular formula is C12H12N2O4. The maximum atomic E-state index is 12.1. The van der Waals surface area contributed by atoms with Crippen LogP contribution in [0.25, 0.3) is 0 Å². The minimum absolute atomic E-state index is 0.121. The van der Waals surface area contributed by atoms with Gasteiger partial charge in [-0.1, -0.05) is 0 Å². The summed E-state index contributed by atoms with van der Waals surface area (Å²) in [5.41, 5.74) is 0.290. The molecule has 1 aromatic heterocycles. The maximum Gasteiger partial charge on any atom is 0.326 e. The molecule has 0 bridgehead atoms. The zero-order chi connectivity index (χ0) is 13.1. The van der Waals surface area contributed by atoms with Crippen molar-refractivity contribution in [2.75, 3.05) is 6.54 Å². The van der Waals surface area contributed by atoms with Gasteiger partial charge in [-0.05, 0) is 18.6 Å². The number of Topliss-reactive ketones (excluding diaryl/α,β-unsaturated/α-hetero) is 1. The number of carbonyl (C=O) groups excluding carboxylic acids is 2. The lowest BCUT2D eigenvalue weighted by molar-refractivity contribution is -0.144. The van der Waals surface area contributed by atoms with Crippen molar-refractivity contribution in [1.82, 2.24) is 9.88 Å². The molecule has 2 heterocycles. The van der Waals surface area contributed by atoms with Crippen molar-refractivity contribution in [1.29, 1.82) is 0 Å². The molecule has 0 aliphatic carbocycles. The Morgan fingerprint density at radius 1 is 1.44 bits per heavy atom. The highest BCUT2D eigenvalue weighted by molar-refractivity contribution is 5.99. The molecule has 2 rings (SSSR count). The summed E-state index contributed by atoms with van der Waals surface area (Å²) < 4.78 is 0. The van der Waals surface area contributed by atoms with E-state index in [-0.39, 0.29) is 25.2 Å². The van der Waals surface area contributed by atoms with Gasteiger partial charge in [-0.2, -0.15) is 0 Å². The second kappa shape index (κ2) is 4.95. The third-order valence-electron chi connectivity index (χ3n) is 2.87. The van der Waals surface area contributed by atoms with Crippen LogP contribution >= 0.6 is 0 Å². The highest BCUT2D eigenvalue weighted by atomic mass is 16.4. The summed E-state index contributed by atoms with van der Waals surface area (Å²) in [5.74, 6) is -1.67. The van der Waals surface area contributed by atoms with Gasteiger partial charge in [-0.25, -0.2) is 4.79 Å².